The molecular weight excluding hydrogens is 574 g/mol. The minimum Gasteiger partial charge on any atom is -0.463 e. The van der Waals surface area contributed by atoms with Gasteiger partial charge in [0.2, 0.25) is 0 Å². The number of halogens is 1. The van der Waals surface area contributed by atoms with E-state index in [1.54, 1.807) is 19.1 Å². The molecule has 8 heteroatoms. The van der Waals surface area contributed by atoms with Crippen LogP contribution in [0, 0.1) is 0 Å². The summed E-state index contributed by atoms with van der Waals surface area (Å²) in [7, 11) is 0. The third-order valence-corrected chi connectivity index (χ3v) is 8.54. The molecule has 5 rings (SSSR count). The number of nitrogens with one attached hydrogen (secondary N) is 1. The third kappa shape index (κ3) is 7.24. The zero-order chi connectivity index (χ0) is 31.1. The molecule has 1 fully saturated rings. The Morgan fingerprint density at radius 3 is 1.93 bits per heavy atom. The van der Waals surface area contributed by atoms with E-state index in [1.807, 2.05) is 26.0 Å². The van der Waals surface area contributed by atoms with E-state index in [4.69, 9.17) is 21.1 Å². The van der Waals surface area contributed by atoms with E-state index < -0.39 is 17.9 Å². The average Bonchev–Trinajstić information content (AvgIpc) is 3.02. The first-order chi connectivity index (χ1) is 21.4. The minimum absolute atomic E-state index is 0.194. The van der Waals surface area contributed by atoms with Crippen LogP contribution in [-0.4, -0.2) is 67.7 Å². The average molecular weight is 614 g/mol. The van der Waals surface area contributed by atoms with Gasteiger partial charge in [0.1, 0.15) is 6.61 Å². The van der Waals surface area contributed by atoms with Gasteiger partial charge in [-0.3, -0.25) is 9.80 Å². The highest BCUT2D eigenvalue weighted by Gasteiger charge is 2.38. The minimum atomic E-state index is -0.655. The highest BCUT2D eigenvalue weighted by molar-refractivity contribution is 6.30. The normalized spacial score (nSPS) is 17.9. The van der Waals surface area contributed by atoms with Crippen LogP contribution in [0.25, 0.3) is 0 Å². The summed E-state index contributed by atoms with van der Waals surface area (Å²) in [4.78, 5) is 31.6. The number of benzene rings is 3. The van der Waals surface area contributed by atoms with E-state index in [1.165, 1.54) is 11.1 Å². The Kier molecular flexibility index (Phi) is 10.5. The quantitative estimate of drug-likeness (QED) is 0.278. The molecule has 0 aliphatic carbocycles. The molecule has 0 spiro atoms. The lowest BCUT2D eigenvalue weighted by atomic mass is 9.80. The van der Waals surface area contributed by atoms with Crippen LogP contribution in [0.5, 0.6) is 0 Å². The fourth-order valence-electron chi connectivity index (χ4n) is 6.24. The number of carbonyl (C=O) groups excluding carboxylic acids is 2. The standard InChI is InChI=1S/C36H40ClN3O4/c1-4-43-35(41)31-25(2)38-26(3)32(33(31)29-16-11-17-30(37)24-29)36(42)44-23-22-39-18-20-40(21-19-39)34(27-12-7-5-8-13-27)28-14-9-6-10-15-28/h5-17,24,33-34,38H,4,18-23H2,1-3H3. The van der Waals surface area contributed by atoms with Gasteiger partial charge in [-0.1, -0.05) is 84.4 Å². The van der Waals surface area contributed by atoms with Crippen LogP contribution in [0.4, 0.5) is 0 Å². The molecule has 0 bridgehead atoms. The van der Waals surface area contributed by atoms with Gasteiger partial charge in [0, 0.05) is 49.1 Å². The molecule has 3 aromatic rings. The summed E-state index contributed by atoms with van der Waals surface area (Å²) < 4.78 is 11.3. The van der Waals surface area contributed by atoms with Gasteiger partial charge in [0.25, 0.3) is 0 Å². The van der Waals surface area contributed by atoms with Gasteiger partial charge in [0.05, 0.1) is 29.7 Å². The molecular formula is C36H40ClN3O4. The summed E-state index contributed by atoms with van der Waals surface area (Å²) in [5.41, 5.74) is 5.36. The van der Waals surface area contributed by atoms with E-state index >= 15 is 0 Å². The molecule has 1 atom stereocenters. The van der Waals surface area contributed by atoms with E-state index in [0.717, 1.165) is 31.7 Å². The number of dihydropyridines is 1. The van der Waals surface area contributed by atoms with Gasteiger partial charge < -0.3 is 14.8 Å². The molecule has 2 aliphatic rings. The van der Waals surface area contributed by atoms with E-state index in [2.05, 4.69) is 75.8 Å². The van der Waals surface area contributed by atoms with Gasteiger partial charge in [-0.05, 0) is 49.6 Å². The first-order valence-corrected chi connectivity index (χ1v) is 15.6. The molecule has 7 nitrogen and oxygen atoms in total. The molecule has 0 amide bonds. The zero-order valence-electron chi connectivity index (χ0n) is 25.6. The van der Waals surface area contributed by atoms with Crippen molar-refractivity contribution in [2.24, 2.45) is 0 Å². The van der Waals surface area contributed by atoms with E-state index in [-0.39, 0.29) is 19.3 Å². The molecule has 0 radical (unpaired) electrons. The Morgan fingerprint density at radius 1 is 0.818 bits per heavy atom. The topological polar surface area (TPSA) is 71.1 Å². The number of esters is 2. The predicted octanol–water partition coefficient (Wildman–Crippen LogP) is 6.09. The first-order valence-electron chi connectivity index (χ1n) is 15.2. The number of piperazine rings is 1. The molecule has 0 aromatic heterocycles. The van der Waals surface area contributed by atoms with Gasteiger partial charge in [0.15, 0.2) is 0 Å². The molecule has 230 valence electrons. The number of rotatable bonds is 10. The Hall–Kier alpha value is -3.91. The van der Waals surface area contributed by atoms with Crippen LogP contribution in [0.3, 0.4) is 0 Å². The van der Waals surface area contributed by atoms with Crippen molar-refractivity contribution in [1.29, 1.82) is 0 Å². The molecule has 0 saturated carbocycles. The Morgan fingerprint density at radius 2 is 1.39 bits per heavy atom. The molecule has 44 heavy (non-hydrogen) atoms. The fourth-order valence-corrected chi connectivity index (χ4v) is 6.44. The van der Waals surface area contributed by atoms with Crippen molar-refractivity contribution in [2.45, 2.75) is 32.7 Å². The van der Waals surface area contributed by atoms with Gasteiger partial charge >= 0.3 is 11.9 Å². The maximum Gasteiger partial charge on any atom is 0.336 e. The number of allylic oxidation sites excluding steroid dienone is 2. The van der Waals surface area contributed by atoms with Crippen LogP contribution in [0.2, 0.25) is 5.02 Å². The first kappa shape index (κ1) is 31.5. The van der Waals surface area contributed by atoms with Crippen molar-refractivity contribution in [3.63, 3.8) is 0 Å². The predicted molar refractivity (Wildman–Crippen MR) is 173 cm³/mol. The summed E-state index contributed by atoms with van der Waals surface area (Å²) >= 11 is 6.33. The SMILES string of the molecule is CCOC(=O)C1=C(C)NC(C)=C(C(=O)OCCN2CCN(C(c3ccccc3)c3ccccc3)CC2)C1c1cccc(Cl)c1. The highest BCUT2D eigenvalue weighted by atomic mass is 35.5. The van der Waals surface area contributed by atoms with E-state index in [0.29, 0.717) is 34.1 Å². The second-order valence-electron chi connectivity index (χ2n) is 11.1. The Balaban J connectivity index is 1.24. The summed E-state index contributed by atoms with van der Waals surface area (Å²) in [6, 6.07) is 28.7. The number of nitrogens with zero attached hydrogens (tertiary/aromatic N) is 2. The van der Waals surface area contributed by atoms with Crippen molar-refractivity contribution in [2.75, 3.05) is 45.9 Å². The lowest BCUT2D eigenvalue weighted by molar-refractivity contribution is -0.140. The number of carbonyl (C=O) groups is 2. The number of hydrogen-bond donors (Lipinski definition) is 1. The summed E-state index contributed by atoms with van der Waals surface area (Å²) in [6.45, 7) is 10.1. The van der Waals surface area contributed by atoms with Gasteiger partial charge in [-0.25, -0.2) is 9.59 Å². The molecule has 1 saturated heterocycles. The molecule has 1 unspecified atom stereocenters. The second-order valence-corrected chi connectivity index (χ2v) is 11.6. The van der Waals surface area contributed by atoms with Crippen LogP contribution in [0.1, 0.15) is 49.4 Å². The molecule has 2 heterocycles. The Bertz CT molecular complexity index is 1480. The monoisotopic (exact) mass is 613 g/mol. The largest absolute Gasteiger partial charge is 0.463 e. The van der Waals surface area contributed by atoms with Crippen molar-refractivity contribution < 1.29 is 19.1 Å². The van der Waals surface area contributed by atoms with Crippen molar-refractivity contribution in [3.8, 4) is 0 Å². The van der Waals surface area contributed by atoms with Crippen LogP contribution < -0.4 is 5.32 Å². The molecule has 1 N–H and O–H groups in total. The molecule has 2 aliphatic heterocycles. The Labute approximate surface area is 265 Å². The summed E-state index contributed by atoms with van der Waals surface area (Å²) in [5, 5.41) is 3.73. The lowest BCUT2D eigenvalue weighted by Gasteiger charge is -2.39. The van der Waals surface area contributed by atoms with Crippen molar-refractivity contribution in [1.82, 2.24) is 15.1 Å². The maximum atomic E-state index is 13.7. The van der Waals surface area contributed by atoms with E-state index in [9.17, 15) is 9.59 Å². The fraction of sp³-hybridized carbons (Fsp3) is 0.333. The van der Waals surface area contributed by atoms with Crippen molar-refractivity contribution in [3.05, 3.63) is 129 Å². The summed E-state index contributed by atoms with van der Waals surface area (Å²) in [6.07, 6.45) is 0. The maximum absolute atomic E-state index is 13.7. The molecule has 3 aromatic carbocycles. The third-order valence-electron chi connectivity index (χ3n) is 8.30. The van der Waals surface area contributed by atoms with Gasteiger partial charge in [-0.15, -0.1) is 0 Å². The highest BCUT2D eigenvalue weighted by Crippen LogP contribution is 2.40. The van der Waals surface area contributed by atoms with Crippen LogP contribution in [-0.2, 0) is 19.1 Å². The number of ether oxygens (including phenoxy) is 2. The number of hydrogen-bond acceptors (Lipinski definition) is 7. The van der Waals surface area contributed by atoms with Crippen LogP contribution >= 0.6 is 11.6 Å². The van der Waals surface area contributed by atoms with Crippen molar-refractivity contribution >= 4 is 23.5 Å². The summed E-state index contributed by atoms with van der Waals surface area (Å²) in [5.74, 6) is -1.58. The zero-order valence-corrected chi connectivity index (χ0v) is 26.3. The smallest absolute Gasteiger partial charge is 0.336 e. The van der Waals surface area contributed by atoms with Crippen LogP contribution in [0.15, 0.2) is 107 Å². The second kappa shape index (κ2) is 14.7. The lowest BCUT2D eigenvalue weighted by Crippen LogP contribution is -2.48. The van der Waals surface area contributed by atoms with Gasteiger partial charge in [-0.2, -0.15) is 0 Å².